The van der Waals surface area contributed by atoms with Gasteiger partial charge in [-0.05, 0) is 0 Å². The van der Waals surface area contributed by atoms with Crippen molar-refractivity contribution in [3.63, 3.8) is 0 Å². The van der Waals surface area contributed by atoms with E-state index in [1.54, 1.807) is 23.5 Å². The molecule has 0 aromatic heterocycles. The first-order chi connectivity index (χ1) is 2.50. The van der Waals surface area contributed by atoms with Crippen LogP contribution in [0.4, 0.5) is 0 Å². The minimum atomic E-state index is 0. The number of hydrogen-bond acceptors (Lipinski definition) is 2. The topological polar surface area (TPSA) is 0 Å². The average molecular weight is 162 g/mol. The third-order valence-electron chi connectivity index (χ3n) is 0.324. The molecule has 0 saturated heterocycles. The van der Waals surface area contributed by atoms with Crippen LogP contribution >= 0.6 is 23.5 Å². The molecule has 0 spiro atoms. The van der Waals surface area contributed by atoms with Crippen LogP contribution in [-0.4, -0.2) is 0 Å². The summed E-state index contributed by atoms with van der Waals surface area (Å²) >= 11 is 3.46. The monoisotopic (exact) mass is 161 g/mol. The van der Waals surface area contributed by atoms with E-state index in [0.717, 1.165) is 0 Å². The quantitative estimate of drug-likeness (QED) is 0.394. The Morgan fingerprint density at radius 3 is 1.83 bits per heavy atom. The molecule has 1 aliphatic heterocycles. The minimum Gasteiger partial charge on any atom is -0.313 e. The summed E-state index contributed by atoms with van der Waals surface area (Å²) in [6.07, 6.45) is 0. The van der Waals surface area contributed by atoms with E-state index in [-0.39, 0.29) is 16.5 Å². The standard InChI is InChI=1S/C3H3S2.Ni/c1-2-5-3-4-1;/h1-3H;/q-1;. The SMILES string of the molecule is C1=CS[CH-]S1.[Ni]. The van der Waals surface area contributed by atoms with Gasteiger partial charge in [-0.3, -0.25) is 0 Å². The third kappa shape index (κ3) is 2.17. The van der Waals surface area contributed by atoms with Crippen LogP contribution in [0.15, 0.2) is 10.8 Å². The Labute approximate surface area is 56.1 Å². The van der Waals surface area contributed by atoms with Gasteiger partial charge in [0.2, 0.25) is 0 Å². The van der Waals surface area contributed by atoms with Crippen molar-refractivity contribution >= 4 is 23.5 Å². The van der Waals surface area contributed by atoms with Crippen LogP contribution in [0.25, 0.3) is 0 Å². The van der Waals surface area contributed by atoms with E-state index in [4.69, 9.17) is 0 Å². The van der Waals surface area contributed by atoms with E-state index in [0.29, 0.717) is 0 Å². The van der Waals surface area contributed by atoms with E-state index in [1.165, 1.54) is 0 Å². The molecule has 1 heterocycles. The summed E-state index contributed by atoms with van der Waals surface area (Å²) in [5.41, 5.74) is 0. The van der Waals surface area contributed by atoms with Gasteiger partial charge < -0.3 is 23.5 Å². The maximum Gasteiger partial charge on any atom is 0 e. The first-order valence-electron chi connectivity index (χ1n) is 1.28. The van der Waals surface area contributed by atoms with Gasteiger partial charge in [0.25, 0.3) is 0 Å². The zero-order valence-electron chi connectivity index (χ0n) is 2.86. The maximum atomic E-state index is 2.08. The number of thioether (sulfide) groups is 2. The molecule has 1 aliphatic rings. The molecule has 0 aromatic carbocycles. The van der Waals surface area contributed by atoms with Crippen LogP contribution in [0, 0.1) is 5.08 Å². The zero-order valence-corrected chi connectivity index (χ0v) is 5.49. The Morgan fingerprint density at radius 2 is 1.67 bits per heavy atom. The Balaban J connectivity index is 0.000000250. The predicted octanol–water partition coefficient (Wildman–Crippen LogP) is 2.05. The van der Waals surface area contributed by atoms with Crippen LogP contribution in [0.1, 0.15) is 0 Å². The molecule has 0 aromatic rings. The Kier molecular flexibility index (Phi) is 4.74. The molecule has 0 fully saturated rings. The van der Waals surface area contributed by atoms with Crippen molar-refractivity contribution < 1.29 is 16.5 Å². The summed E-state index contributed by atoms with van der Waals surface area (Å²) in [7, 11) is 0. The zero-order chi connectivity index (χ0) is 3.54. The molecule has 0 atom stereocenters. The maximum absolute atomic E-state index is 2.08. The van der Waals surface area contributed by atoms with Crippen molar-refractivity contribution in [1.82, 2.24) is 0 Å². The molecule has 0 nitrogen and oxygen atoms in total. The van der Waals surface area contributed by atoms with Gasteiger partial charge in [-0.25, -0.2) is 5.08 Å². The Morgan fingerprint density at radius 1 is 1.17 bits per heavy atom. The fourth-order valence-electron chi connectivity index (χ4n) is 0.160. The van der Waals surface area contributed by atoms with E-state index >= 15 is 0 Å². The average Bonchev–Trinajstić information content (AvgIpc) is 1.76. The molecular formula is C3H3NiS2-. The molecule has 38 valence electrons. The van der Waals surface area contributed by atoms with Crippen molar-refractivity contribution in [3.8, 4) is 0 Å². The molecule has 0 bridgehead atoms. The molecule has 3 heteroatoms. The summed E-state index contributed by atoms with van der Waals surface area (Å²) in [4.78, 5) is 0. The first kappa shape index (κ1) is 6.93. The molecule has 0 N–H and O–H groups in total. The summed E-state index contributed by atoms with van der Waals surface area (Å²) in [6.45, 7) is 0. The fourth-order valence-corrected chi connectivity index (χ4v) is 1.44. The van der Waals surface area contributed by atoms with Crippen LogP contribution in [0.5, 0.6) is 0 Å². The molecule has 1 rings (SSSR count). The summed E-state index contributed by atoms with van der Waals surface area (Å²) in [5, 5.41) is 6.20. The smallest absolute Gasteiger partial charge is 0 e. The predicted molar refractivity (Wildman–Crippen MR) is 28.6 cm³/mol. The van der Waals surface area contributed by atoms with Gasteiger partial charge in [0, 0.05) is 16.5 Å². The van der Waals surface area contributed by atoms with Gasteiger partial charge in [0.05, 0.1) is 0 Å². The van der Waals surface area contributed by atoms with Crippen LogP contribution in [0.3, 0.4) is 0 Å². The van der Waals surface area contributed by atoms with E-state index in [1.807, 2.05) is 0 Å². The van der Waals surface area contributed by atoms with Gasteiger partial charge in [-0.15, -0.1) is 0 Å². The molecule has 0 amide bonds. The molecule has 6 heavy (non-hydrogen) atoms. The van der Waals surface area contributed by atoms with Crippen molar-refractivity contribution in [2.24, 2.45) is 0 Å². The van der Waals surface area contributed by atoms with Gasteiger partial charge >= 0.3 is 0 Å². The van der Waals surface area contributed by atoms with Crippen LogP contribution < -0.4 is 0 Å². The van der Waals surface area contributed by atoms with Crippen LogP contribution in [0.2, 0.25) is 0 Å². The molecule has 0 radical (unpaired) electrons. The Bertz CT molecular complexity index is 46.8. The molecule has 0 aliphatic carbocycles. The van der Waals surface area contributed by atoms with Crippen molar-refractivity contribution in [1.29, 1.82) is 0 Å². The molecule has 0 unspecified atom stereocenters. The molecular weight excluding hydrogens is 159 g/mol. The summed E-state index contributed by atoms with van der Waals surface area (Å²) < 4.78 is 0. The van der Waals surface area contributed by atoms with Gasteiger partial charge in [-0.2, -0.15) is 0 Å². The van der Waals surface area contributed by atoms with Crippen molar-refractivity contribution in [2.45, 2.75) is 0 Å². The van der Waals surface area contributed by atoms with Crippen LogP contribution in [-0.2, 0) is 16.5 Å². The fraction of sp³-hybridized carbons (Fsp3) is 0. The Hall–Kier alpha value is 0.934. The largest absolute Gasteiger partial charge is 0.313 e. The molecule has 0 saturated carbocycles. The second-order valence-electron chi connectivity index (χ2n) is 0.641. The summed E-state index contributed by atoms with van der Waals surface area (Å²) in [5.74, 6) is 0. The van der Waals surface area contributed by atoms with E-state index in [9.17, 15) is 0 Å². The second kappa shape index (κ2) is 4.10. The number of rotatable bonds is 0. The second-order valence-corrected chi connectivity index (χ2v) is 2.50. The normalized spacial score (nSPS) is 17.3. The first-order valence-corrected chi connectivity index (χ1v) is 3.16. The van der Waals surface area contributed by atoms with E-state index in [2.05, 4.69) is 15.9 Å². The summed E-state index contributed by atoms with van der Waals surface area (Å²) in [6, 6.07) is 0. The van der Waals surface area contributed by atoms with Gasteiger partial charge in [0.1, 0.15) is 0 Å². The van der Waals surface area contributed by atoms with E-state index < -0.39 is 0 Å². The minimum absolute atomic E-state index is 0. The number of hydrogen-bond donors (Lipinski definition) is 0. The van der Waals surface area contributed by atoms with Crippen molar-refractivity contribution in [2.75, 3.05) is 0 Å². The third-order valence-corrected chi connectivity index (χ3v) is 1.97. The van der Waals surface area contributed by atoms with Gasteiger partial charge in [-0.1, -0.05) is 10.8 Å². The van der Waals surface area contributed by atoms with Gasteiger partial charge in [0.15, 0.2) is 0 Å². The van der Waals surface area contributed by atoms with Crippen molar-refractivity contribution in [3.05, 3.63) is 15.9 Å².